The molecule has 0 saturated carbocycles. The summed E-state index contributed by atoms with van der Waals surface area (Å²) in [6.45, 7) is 0. The Hall–Kier alpha value is -3.65. The highest BCUT2D eigenvalue weighted by atomic mass is 19.4. The summed E-state index contributed by atoms with van der Waals surface area (Å²) in [5, 5.41) is 38.8. The molecule has 1 aromatic rings. The number of halogens is 4. The Morgan fingerprint density at radius 3 is 2.13 bits per heavy atom. The summed E-state index contributed by atoms with van der Waals surface area (Å²) in [5.74, 6) is -1.82. The molecular weight excluding hydrogens is 322 g/mol. The number of nitrogens with zero attached hydrogens (tertiary/aromatic N) is 4. The van der Waals surface area contributed by atoms with Gasteiger partial charge in [-0.1, -0.05) is 0 Å². The van der Waals surface area contributed by atoms with Crippen LogP contribution in [0.4, 0.5) is 28.9 Å². The quantitative estimate of drug-likeness (QED) is 0.394. The van der Waals surface area contributed by atoms with Gasteiger partial charge in [0.05, 0.1) is 10.5 Å². The van der Waals surface area contributed by atoms with Crippen LogP contribution < -0.4 is 5.32 Å². The lowest BCUT2D eigenvalue weighted by Gasteiger charge is -2.11. The van der Waals surface area contributed by atoms with E-state index in [4.69, 9.17) is 15.8 Å². The summed E-state index contributed by atoms with van der Waals surface area (Å²) in [7, 11) is 0. The molecule has 0 bridgehead atoms. The summed E-state index contributed by atoms with van der Waals surface area (Å²) < 4.78 is 51.2. The van der Waals surface area contributed by atoms with Gasteiger partial charge in [-0.25, -0.2) is 4.39 Å². The van der Waals surface area contributed by atoms with Gasteiger partial charge in [0.1, 0.15) is 35.4 Å². The van der Waals surface area contributed by atoms with E-state index in [9.17, 15) is 27.7 Å². The van der Waals surface area contributed by atoms with Crippen molar-refractivity contribution in [2.75, 3.05) is 5.32 Å². The van der Waals surface area contributed by atoms with Gasteiger partial charge in [-0.2, -0.15) is 29.0 Å². The molecule has 0 aromatic heterocycles. The van der Waals surface area contributed by atoms with Crippen LogP contribution in [0.3, 0.4) is 0 Å². The number of benzene rings is 1. The second-order valence-corrected chi connectivity index (χ2v) is 3.81. The molecule has 11 heteroatoms. The van der Waals surface area contributed by atoms with Crippen molar-refractivity contribution in [3.05, 3.63) is 44.9 Å². The standard InChI is InChI=1S/C12H3F4N5O2/c13-8-2-9(20-10(5-19)6(3-17)4-18)11(21(22)23)1-7(8)12(14,15)16/h1-2,20H. The number of nitro benzene ring substituents is 1. The molecule has 0 aliphatic carbocycles. The predicted octanol–water partition coefficient (Wildman–Crippen LogP) is 2.99. The molecule has 0 atom stereocenters. The van der Waals surface area contributed by atoms with E-state index in [2.05, 4.69) is 0 Å². The number of hydrogen-bond acceptors (Lipinski definition) is 6. The average molecular weight is 325 g/mol. The number of nitriles is 3. The van der Waals surface area contributed by atoms with Gasteiger partial charge in [-0.05, 0) is 0 Å². The van der Waals surface area contributed by atoms with Crippen LogP contribution >= 0.6 is 0 Å². The summed E-state index contributed by atoms with van der Waals surface area (Å²) in [4.78, 5) is 9.61. The van der Waals surface area contributed by atoms with Crippen molar-refractivity contribution in [1.29, 1.82) is 15.8 Å². The Kier molecular flexibility index (Phi) is 4.85. The zero-order valence-electron chi connectivity index (χ0n) is 10.8. The van der Waals surface area contributed by atoms with E-state index < -0.39 is 45.1 Å². The molecule has 7 nitrogen and oxygen atoms in total. The third-order valence-electron chi connectivity index (χ3n) is 2.43. The number of nitrogens with one attached hydrogen (secondary N) is 1. The second-order valence-electron chi connectivity index (χ2n) is 3.81. The molecule has 1 rings (SSSR count). The SMILES string of the molecule is N#CC(C#N)=C(C#N)Nc1cc(F)c(C(F)(F)F)cc1[N+](=O)[O-]. The number of hydrogen-bond donors (Lipinski definition) is 1. The van der Waals surface area contributed by atoms with Crippen molar-refractivity contribution in [3.63, 3.8) is 0 Å². The Balaban J connectivity index is 3.57. The first-order chi connectivity index (χ1) is 10.6. The fraction of sp³-hybridized carbons (Fsp3) is 0.0833. The summed E-state index contributed by atoms with van der Waals surface area (Å²) in [6, 6.07) is 4.07. The van der Waals surface area contributed by atoms with E-state index in [1.54, 1.807) is 0 Å². The highest BCUT2D eigenvalue weighted by molar-refractivity contribution is 5.68. The molecule has 0 fully saturated rings. The van der Waals surface area contributed by atoms with Crippen LogP contribution in [0, 0.1) is 49.9 Å². The van der Waals surface area contributed by atoms with Crippen molar-refractivity contribution in [1.82, 2.24) is 0 Å². The third kappa shape index (κ3) is 3.71. The molecule has 23 heavy (non-hydrogen) atoms. The first-order valence-corrected chi connectivity index (χ1v) is 5.42. The number of allylic oxidation sites excluding steroid dienone is 2. The van der Waals surface area contributed by atoms with E-state index in [-0.39, 0.29) is 12.1 Å². The van der Waals surface area contributed by atoms with E-state index in [1.165, 1.54) is 18.2 Å². The lowest BCUT2D eigenvalue weighted by atomic mass is 10.1. The van der Waals surface area contributed by atoms with Crippen LogP contribution in [-0.4, -0.2) is 4.92 Å². The van der Waals surface area contributed by atoms with Crippen LogP contribution in [0.2, 0.25) is 0 Å². The number of anilines is 1. The van der Waals surface area contributed by atoms with Gasteiger partial charge in [-0.3, -0.25) is 10.1 Å². The zero-order chi connectivity index (χ0) is 17.8. The van der Waals surface area contributed by atoms with Crippen LogP contribution in [0.5, 0.6) is 0 Å². The predicted molar refractivity (Wildman–Crippen MR) is 65.5 cm³/mol. The lowest BCUT2D eigenvalue weighted by molar-refractivity contribution is -0.384. The highest BCUT2D eigenvalue weighted by Crippen LogP contribution is 2.37. The topological polar surface area (TPSA) is 127 Å². The molecule has 0 saturated heterocycles. The van der Waals surface area contributed by atoms with Crippen LogP contribution in [0.15, 0.2) is 23.4 Å². The molecule has 0 spiro atoms. The minimum Gasteiger partial charge on any atom is -0.339 e. The molecule has 0 radical (unpaired) electrons. The van der Waals surface area contributed by atoms with Gasteiger partial charge < -0.3 is 5.32 Å². The highest BCUT2D eigenvalue weighted by Gasteiger charge is 2.37. The molecule has 1 aromatic carbocycles. The third-order valence-corrected chi connectivity index (χ3v) is 2.43. The van der Waals surface area contributed by atoms with E-state index >= 15 is 0 Å². The monoisotopic (exact) mass is 325 g/mol. The largest absolute Gasteiger partial charge is 0.419 e. The maximum absolute atomic E-state index is 13.5. The minimum atomic E-state index is -5.16. The average Bonchev–Trinajstić information content (AvgIpc) is 2.45. The Morgan fingerprint density at radius 1 is 1.17 bits per heavy atom. The maximum Gasteiger partial charge on any atom is 0.419 e. The van der Waals surface area contributed by atoms with Gasteiger partial charge in [-0.15, -0.1) is 0 Å². The van der Waals surface area contributed by atoms with Crippen molar-refractivity contribution < 1.29 is 22.5 Å². The number of rotatable bonds is 3. The zero-order valence-corrected chi connectivity index (χ0v) is 10.8. The van der Waals surface area contributed by atoms with E-state index in [0.717, 1.165) is 0 Å². The molecule has 0 heterocycles. The fourth-order valence-corrected chi connectivity index (χ4v) is 1.45. The molecule has 0 amide bonds. The van der Waals surface area contributed by atoms with E-state index in [1.807, 2.05) is 5.32 Å². The van der Waals surface area contributed by atoms with Crippen LogP contribution in [-0.2, 0) is 6.18 Å². The Labute approximate surface area is 125 Å². The number of alkyl halides is 3. The summed E-state index contributed by atoms with van der Waals surface area (Å²) in [5.41, 5.74) is -5.39. The van der Waals surface area contributed by atoms with Crippen molar-refractivity contribution in [2.45, 2.75) is 6.18 Å². The normalized spacial score (nSPS) is 9.96. The maximum atomic E-state index is 13.5. The first kappa shape index (κ1) is 17.4. The van der Waals surface area contributed by atoms with E-state index in [0.29, 0.717) is 0 Å². The summed E-state index contributed by atoms with van der Waals surface area (Å²) >= 11 is 0. The molecule has 1 N–H and O–H groups in total. The molecular formula is C12H3F4N5O2. The Bertz CT molecular complexity index is 808. The molecule has 0 aliphatic rings. The van der Waals surface area contributed by atoms with Crippen LogP contribution in [0.1, 0.15) is 5.56 Å². The van der Waals surface area contributed by atoms with Crippen molar-refractivity contribution in [2.24, 2.45) is 0 Å². The van der Waals surface area contributed by atoms with Gasteiger partial charge in [0.2, 0.25) is 0 Å². The number of nitro groups is 1. The fourth-order valence-electron chi connectivity index (χ4n) is 1.45. The minimum absolute atomic E-state index is 0.0505. The van der Waals surface area contributed by atoms with Crippen molar-refractivity contribution in [3.8, 4) is 18.2 Å². The van der Waals surface area contributed by atoms with Crippen LogP contribution in [0.25, 0.3) is 0 Å². The lowest BCUT2D eigenvalue weighted by Crippen LogP contribution is -2.11. The first-order valence-electron chi connectivity index (χ1n) is 5.42. The van der Waals surface area contributed by atoms with Crippen molar-refractivity contribution >= 4 is 11.4 Å². The Morgan fingerprint density at radius 2 is 1.74 bits per heavy atom. The summed E-state index contributed by atoms with van der Waals surface area (Å²) in [6.07, 6.45) is -5.16. The molecule has 0 aliphatic heterocycles. The smallest absolute Gasteiger partial charge is 0.339 e. The molecule has 0 unspecified atom stereocenters. The molecule has 116 valence electrons. The van der Waals surface area contributed by atoms with Gasteiger partial charge in [0.25, 0.3) is 5.69 Å². The van der Waals surface area contributed by atoms with Gasteiger partial charge in [0.15, 0.2) is 5.57 Å². The second kappa shape index (κ2) is 6.41. The van der Waals surface area contributed by atoms with Gasteiger partial charge in [0, 0.05) is 12.1 Å². The van der Waals surface area contributed by atoms with Gasteiger partial charge >= 0.3 is 6.18 Å².